The van der Waals surface area contributed by atoms with Gasteiger partial charge in [-0.1, -0.05) is 13.8 Å². The lowest BCUT2D eigenvalue weighted by molar-refractivity contribution is -0.139. The van der Waals surface area contributed by atoms with Crippen molar-refractivity contribution in [3.8, 4) is 0 Å². The number of nitrogens with one attached hydrogen (secondary N) is 1. The van der Waals surface area contributed by atoms with Crippen molar-refractivity contribution in [3.63, 3.8) is 0 Å². The molecule has 7 nitrogen and oxygen atoms in total. The fourth-order valence-corrected chi connectivity index (χ4v) is 1.59. The molecule has 0 saturated heterocycles. The van der Waals surface area contributed by atoms with E-state index < -0.39 is 11.4 Å². The number of carboxylic acid groups (broad SMARTS) is 1. The van der Waals surface area contributed by atoms with Crippen LogP contribution >= 0.6 is 0 Å². The number of carboxylic acids is 1. The summed E-state index contributed by atoms with van der Waals surface area (Å²) in [5.41, 5.74) is 0.766. The molecule has 0 saturated carbocycles. The van der Waals surface area contributed by atoms with Gasteiger partial charge in [-0.25, -0.2) is 4.98 Å². The molecule has 7 heteroatoms. The van der Waals surface area contributed by atoms with Gasteiger partial charge in [0.1, 0.15) is 0 Å². The van der Waals surface area contributed by atoms with Crippen LogP contribution in [0.5, 0.6) is 0 Å². The molecule has 1 aromatic rings. The maximum Gasteiger partial charge on any atom is 0.303 e. The molecule has 1 heterocycles. The minimum absolute atomic E-state index is 0.0769. The predicted molar refractivity (Wildman–Crippen MR) is 68.6 cm³/mol. The highest BCUT2D eigenvalue weighted by atomic mass is 16.4. The van der Waals surface area contributed by atoms with E-state index in [9.17, 15) is 9.59 Å². The fraction of sp³-hybridized carbons (Fsp3) is 0.583. The summed E-state index contributed by atoms with van der Waals surface area (Å²) in [6.45, 7) is 6.99. The van der Waals surface area contributed by atoms with Crippen molar-refractivity contribution < 1.29 is 14.7 Å². The molecule has 104 valence electrons. The molecule has 0 aromatic carbocycles. The molecule has 0 radical (unpaired) electrons. The number of aliphatic carboxylic acids is 1. The molecule has 1 rings (SSSR count). The summed E-state index contributed by atoms with van der Waals surface area (Å²) < 4.78 is 0. The lowest BCUT2D eigenvalue weighted by atomic mass is 9.85. The van der Waals surface area contributed by atoms with Crippen LogP contribution in [0.2, 0.25) is 0 Å². The number of aromatic nitrogens is 3. The first kappa shape index (κ1) is 15.0. The van der Waals surface area contributed by atoms with E-state index in [2.05, 4.69) is 20.5 Å². The van der Waals surface area contributed by atoms with Crippen LogP contribution in [-0.2, 0) is 9.59 Å². The largest absolute Gasteiger partial charge is 0.481 e. The molecule has 19 heavy (non-hydrogen) atoms. The van der Waals surface area contributed by atoms with E-state index in [1.165, 1.54) is 0 Å². The highest BCUT2D eigenvalue weighted by Crippen LogP contribution is 2.25. The predicted octanol–water partition coefficient (Wildman–Crippen LogP) is 1.32. The van der Waals surface area contributed by atoms with E-state index in [1.54, 1.807) is 27.7 Å². The maximum atomic E-state index is 11.8. The van der Waals surface area contributed by atoms with Gasteiger partial charge in [-0.15, -0.1) is 5.10 Å². The monoisotopic (exact) mass is 266 g/mol. The van der Waals surface area contributed by atoms with Gasteiger partial charge < -0.3 is 5.11 Å². The molecular formula is C12H18N4O3. The zero-order valence-electron chi connectivity index (χ0n) is 11.5. The minimum atomic E-state index is -0.929. The second kappa shape index (κ2) is 5.73. The molecule has 2 N–H and O–H groups in total. The third-order valence-electron chi connectivity index (χ3n) is 2.61. The lowest BCUT2D eigenvalue weighted by Gasteiger charge is -2.21. The van der Waals surface area contributed by atoms with Gasteiger partial charge in [0, 0.05) is 6.42 Å². The third-order valence-corrected chi connectivity index (χ3v) is 2.61. The van der Waals surface area contributed by atoms with E-state index in [1.807, 2.05) is 0 Å². The third kappa shape index (κ3) is 4.99. The Hall–Kier alpha value is -2.05. The number of carbonyl (C=O) groups is 2. The molecule has 0 bridgehead atoms. The van der Waals surface area contributed by atoms with Crippen LogP contribution in [0.1, 0.15) is 38.1 Å². The van der Waals surface area contributed by atoms with Gasteiger partial charge in [0.15, 0.2) is 0 Å². The molecule has 0 aliphatic heterocycles. The van der Waals surface area contributed by atoms with Gasteiger partial charge >= 0.3 is 5.97 Å². The number of nitrogens with zero attached hydrogens (tertiary/aromatic N) is 3. The molecule has 1 aromatic heterocycles. The zero-order chi connectivity index (χ0) is 14.6. The molecular weight excluding hydrogens is 248 g/mol. The molecule has 0 atom stereocenters. The van der Waals surface area contributed by atoms with Crippen molar-refractivity contribution in [1.29, 1.82) is 0 Å². The van der Waals surface area contributed by atoms with E-state index in [0.717, 1.165) is 0 Å². The quantitative estimate of drug-likeness (QED) is 0.832. The van der Waals surface area contributed by atoms with E-state index in [4.69, 9.17) is 5.11 Å². The number of aryl methyl sites for hydroxylation is 2. The van der Waals surface area contributed by atoms with Gasteiger partial charge in [0.05, 0.1) is 17.8 Å². The SMILES string of the molecule is Cc1nnc(NC(=O)CC(C)(C)CC(=O)O)nc1C. The molecule has 0 unspecified atom stereocenters. The van der Waals surface area contributed by atoms with E-state index in [-0.39, 0.29) is 24.7 Å². The van der Waals surface area contributed by atoms with Gasteiger partial charge in [0.25, 0.3) is 0 Å². The number of hydrogen-bond donors (Lipinski definition) is 2. The Morgan fingerprint density at radius 2 is 1.79 bits per heavy atom. The van der Waals surface area contributed by atoms with Crippen molar-refractivity contribution in [3.05, 3.63) is 11.4 Å². The van der Waals surface area contributed by atoms with Crippen molar-refractivity contribution in [2.75, 3.05) is 5.32 Å². The Morgan fingerprint density at radius 1 is 1.16 bits per heavy atom. The molecule has 0 aliphatic rings. The average molecular weight is 266 g/mol. The molecule has 0 fully saturated rings. The normalized spacial score (nSPS) is 11.2. The van der Waals surface area contributed by atoms with Crippen molar-refractivity contribution >= 4 is 17.8 Å². The number of anilines is 1. The standard InChI is InChI=1S/C12H18N4O3/c1-7-8(2)15-16-11(13-7)14-9(17)5-12(3,4)6-10(18)19/h5-6H2,1-4H3,(H,18,19)(H,13,14,16,17). The van der Waals surface area contributed by atoms with Gasteiger partial charge in [-0.3, -0.25) is 14.9 Å². The number of amides is 1. The summed E-state index contributed by atoms with van der Waals surface area (Å²) in [5, 5.41) is 18.9. The number of rotatable bonds is 5. The van der Waals surface area contributed by atoms with Gasteiger partial charge in [-0.05, 0) is 19.3 Å². The summed E-state index contributed by atoms with van der Waals surface area (Å²) in [5.74, 6) is -1.11. The topological polar surface area (TPSA) is 105 Å². The second-order valence-corrected chi connectivity index (χ2v) is 5.27. The van der Waals surface area contributed by atoms with Crippen LogP contribution in [0, 0.1) is 19.3 Å². The van der Waals surface area contributed by atoms with Gasteiger partial charge in [-0.2, -0.15) is 5.10 Å². The highest BCUT2D eigenvalue weighted by molar-refractivity contribution is 5.89. The van der Waals surface area contributed by atoms with Crippen LogP contribution in [0.3, 0.4) is 0 Å². The summed E-state index contributed by atoms with van der Waals surface area (Å²) in [4.78, 5) is 26.5. The van der Waals surface area contributed by atoms with Crippen molar-refractivity contribution in [2.24, 2.45) is 5.41 Å². The summed E-state index contributed by atoms with van der Waals surface area (Å²) in [7, 11) is 0. The van der Waals surface area contributed by atoms with Crippen LogP contribution in [0.4, 0.5) is 5.95 Å². The Labute approximate surface area is 111 Å². The van der Waals surface area contributed by atoms with Crippen molar-refractivity contribution in [1.82, 2.24) is 15.2 Å². The Kier molecular flexibility index (Phi) is 4.52. The average Bonchev–Trinajstić information content (AvgIpc) is 2.20. The molecule has 0 spiro atoms. The van der Waals surface area contributed by atoms with Crippen LogP contribution in [0.15, 0.2) is 0 Å². The first-order valence-corrected chi connectivity index (χ1v) is 5.89. The zero-order valence-corrected chi connectivity index (χ0v) is 11.5. The minimum Gasteiger partial charge on any atom is -0.481 e. The Balaban J connectivity index is 2.64. The summed E-state index contributed by atoms with van der Waals surface area (Å²) in [6.07, 6.45) is 0.00202. The van der Waals surface area contributed by atoms with Crippen LogP contribution < -0.4 is 5.32 Å². The number of hydrogen-bond acceptors (Lipinski definition) is 5. The lowest BCUT2D eigenvalue weighted by Crippen LogP contribution is -2.25. The molecule has 0 aliphatic carbocycles. The Bertz CT molecular complexity index is 500. The first-order chi connectivity index (χ1) is 8.69. The summed E-state index contributed by atoms with van der Waals surface area (Å²) in [6, 6.07) is 0. The maximum absolute atomic E-state index is 11.8. The fourth-order valence-electron chi connectivity index (χ4n) is 1.59. The van der Waals surface area contributed by atoms with Crippen LogP contribution in [-0.4, -0.2) is 32.2 Å². The first-order valence-electron chi connectivity index (χ1n) is 5.89. The van der Waals surface area contributed by atoms with E-state index >= 15 is 0 Å². The second-order valence-electron chi connectivity index (χ2n) is 5.27. The smallest absolute Gasteiger partial charge is 0.303 e. The molecule has 1 amide bonds. The van der Waals surface area contributed by atoms with Crippen molar-refractivity contribution in [2.45, 2.75) is 40.5 Å². The summed E-state index contributed by atoms with van der Waals surface area (Å²) >= 11 is 0. The number of carbonyl (C=O) groups excluding carboxylic acids is 1. The van der Waals surface area contributed by atoms with E-state index in [0.29, 0.717) is 11.4 Å². The van der Waals surface area contributed by atoms with Crippen LogP contribution in [0.25, 0.3) is 0 Å². The Morgan fingerprint density at radius 3 is 2.32 bits per heavy atom. The van der Waals surface area contributed by atoms with Gasteiger partial charge in [0.2, 0.25) is 11.9 Å². The highest BCUT2D eigenvalue weighted by Gasteiger charge is 2.25.